The zero-order chi connectivity index (χ0) is 26.1. The van der Waals surface area contributed by atoms with Crippen molar-refractivity contribution in [3.8, 4) is 28.3 Å². The average Bonchev–Trinajstić information content (AvgIpc) is 2.98. The molecule has 2 nitrogen and oxygen atoms in total. The second kappa shape index (κ2) is 9.73. The summed E-state index contributed by atoms with van der Waals surface area (Å²) in [5.74, 6) is 0. The molecule has 0 fully saturated rings. The number of rotatable bonds is 4. The quantitative estimate of drug-likeness (QED) is 0.153. The van der Waals surface area contributed by atoms with Gasteiger partial charge in [-0.3, -0.25) is 0 Å². The zero-order valence-electron chi connectivity index (χ0n) is 21.1. The van der Waals surface area contributed by atoms with Crippen molar-refractivity contribution in [2.45, 2.75) is 6.92 Å². The van der Waals surface area contributed by atoms with E-state index in [0.29, 0.717) is 5.57 Å². The van der Waals surface area contributed by atoms with Crippen LogP contribution in [0.2, 0.25) is 0 Å². The molecule has 6 rings (SSSR count). The van der Waals surface area contributed by atoms with Crippen molar-refractivity contribution < 1.29 is 0 Å². The van der Waals surface area contributed by atoms with Gasteiger partial charge in [-0.05, 0) is 90.8 Å². The summed E-state index contributed by atoms with van der Waals surface area (Å²) in [5, 5.41) is 16.5. The second-order valence-electron chi connectivity index (χ2n) is 9.55. The van der Waals surface area contributed by atoms with Crippen molar-refractivity contribution in [2.75, 3.05) is 0 Å². The van der Waals surface area contributed by atoms with Crippen molar-refractivity contribution in [3.63, 3.8) is 0 Å². The molecule has 6 aromatic carbocycles. The van der Waals surface area contributed by atoms with E-state index in [4.69, 9.17) is 5.73 Å². The van der Waals surface area contributed by atoms with Gasteiger partial charge in [-0.1, -0.05) is 103 Å². The van der Waals surface area contributed by atoms with Crippen LogP contribution in [0.4, 0.5) is 0 Å². The summed E-state index contributed by atoms with van der Waals surface area (Å²) in [4.78, 5) is 0. The summed E-state index contributed by atoms with van der Waals surface area (Å²) < 4.78 is 0. The summed E-state index contributed by atoms with van der Waals surface area (Å²) in [6, 6.07) is 43.3. The smallest absolute Gasteiger partial charge is 0.0944 e. The Bertz CT molecular complexity index is 1880. The summed E-state index contributed by atoms with van der Waals surface area (Å²) in [6.07, 6.45) is 3.38. The molecule has 0 aliphatic heterocycles. The maximum Gasteiger partial charge on any atom is 0.0944 e. The molecule has 0 spiro atoms. The van der Waals surface area contributed by atoms with Gasteiger partial charge in [0.05, 0.1) is 6.07 Å². The number of nitrogens with two attached hydrogens (primary N) is 1. The van der Waals surface area contributed by atoms with Crippen molar-refractivity contribution in [1.82, 2.24) is 0 Å². The van der Waals surface area contributed by atoms with E-state index >= 15 is 0 Å². The van der Waals surface area contributed by atoms with Gasteiger partial charge in [-0.25, -0.2) is 0 Å². The van der Waals surface area contributed by atoms with Crippen LogP contribution in [-0.4, -0.2) is 0 Å². The lowest BCUT2D eigenvalue weighted by Crippen LogP contribution is -1.91. The molecule has 6 aromatic rings. The monoisotopic (exact) mass is 486 g/mol. The minimum atomic E-state index is 0.620. The summed E-state index contributed by atoms with van der Waals surface area (Å²) in [6.45, 7) is 1.79. The lowest BCUT2D eigenvalue weighted by Gasteiger charge is -2.18. The van der Waals surface area contributed by atoms with Crippen LogP contribution in [0.3, 0.4) is 0 Å². The molecule has 2 N–H and O–H groups in total. The van der Waals surface area contributed by atoms with Gasteiger partial charge in [0.2, 0.25) is 0 Å². The second-order valence-corrected chi connectivity index (χ2v) is 9.55. The lowest BCUT2D eigenvalue weighted by molar-refractivity contribution is 1.44. The van der Waals surface area contributed by atoms with Crippen molar-refractivity contribution in [2.24, 2.45) is 5.73 Å². The van der Waals surface area contributed by atoms with E-state index in [0.717, 1.165) is 21.9 Å². The van der Waals surface area contributed by atoms with Gasteiger partial charge < -0.3 is 5.73 Å². The molecular weight excluding hydrogens is 460 g/mol. The minimum absolute atomic E-state index is 0.620. The van der Waals surface area contributed by atoms with Gasteiger partial charge in [0, 0.05) is 11.8 Å². The Kier molecular flexibility index (Phi) is 5.96. The summed E-state index contributed by atoms with van der Waals surface area (Å²) in [7, 11) is 0. The first kappa shape index (κ1) is 23.3. The Labute approximate surface area is 222 Å². The van der Waals surface area contributed by atoms with Crippen LogP contribution in [-0.2, 0) is 0 Å². The van der Waals surface area contributed by atoms with E-state index < -0.39 is 0 Å². The SMILES string of the molecule is C/C(C#N)=C\C(=C/N)c1ccc2cc(-c3c4ccccc4c(-c4ccccc4)c4ccccc34)ccc2c1. The van der Waals surface area contributed by atoms with Gasteiger partial charge >= 0.3 is 0 Å². The Morgan fingerprint density at radius 3 is 1.74 bits per heavy atom. The molecule has 0 atom stereocenters. The molecule has 0 radical (unpaired) electrons. The molecule has 0 heterocycles. The van der Waals surface area contributed by atoms with Crippen LogP contribution in [0, 0.1) is 11.3 Å². The number of benzene rings is 6. The predicted octanol–water partition coefficient (Wildman–Crippen LogP) is 9.25. The van der Waals surface area contributed by atoms with Crippen molar-refractivity contribution in [1.29, 1.82) is 5.26 Å². The number of nitriles is 1. The molecule has 180 valence electrons. The highest BCUT2D eigenvalue weighted by Crippen LogP contribution is 2.44. The van der Waals surface area contributed by atoms with Crippen molar-refractivity contribution >= 4 is 37.9 Å². The first-order chi connectivity index (χ1) is 18.7. The Morgan fingerprint density at radius 1 is 0.632 bits per heavy atom. The standard InChI is InChI=1S/C36H26N2/c1-24(22-37)19-30(23-38)28-16-15-27-21-29(18-17-26(27)20-28)36-33-13-7-5-11-31(33)35(25-9-3-2-4-10-25)32-12-6-8-14-34(32)36/h2-21,23H,38H2,1H3/b24-19+,30-23+. The van der Waals surface area contributed by atoms with Gasteiger partial charge in [0.15, 0.2) is 0 Å². The van der Waals surface area contributed by atoms with Gasteiger partial charge in [-0.2, -0.15) is 5.26 Å². The molecule has 0 aromatic heterocycles. The molecule has 0 unspecified atom stereocenters. The van der Waals surface area contributed by atoms with E-state index in [1.54, 1.807) is 13.1 Å². The number of hydrogen-bond donors (Lipinski definition) is 1. The third-order valence-electron chi connectivity index (χ3n) is 7.18. The fraction of sp³-hybridized carbons (Fsp3) is 0.0278. The molecule has 2 heteroatoms. The number of allylic oxidation sites excluding steroid dienone is 3. The van der Waals surface area contributed by atoms with Crippen LogP contribution < -0.4 is 5.73 Å². The maximum atomic E-state index is 9.18. The summed E-state index contributed by atoms with van der Waals surface area (Å²) in [5.41, 5.74) is 13.3. The third-order valence-corrected chi connectivity index (χ3v) is 7.18. The highest BCUT2D eigenvalue weighted by atomic mass is 14.5. The normalized spacial score (nSPS) is 12.2. The maximum absolute atomic E-state index is 9.18. The van der Waals surface area contributed by atoms with Crippen LogP contribution in [0.1, 0.15) is 12.5 Å². The van der Waals surface area contributed by atoms with Crippen LogP contribution in [0.25, 0.3) is 60.1 Å². The fourth-order valence-electron chi connectivity index (χ4n) is 5.43. The topological polar surface area (TPSA) is 49.8 Å². The average molecular weight is 487 g/mol. The molecule has 0 bridgehead atoms. The largest absolute Gasteiger partial charge is 0.404 e. The van der Waals surface area contributed by atoms with Gasteiger partial charge in [0.25, 0.3) is 0 Å². The minimum Gasteiger partial charge on any atom is -0.404 e. The molecule has 0 amide bonds. The fourth-order valence-corrected chi connectivity index (χ4v) is 5.43. The van der Waals surface area contributed by atoms with Crippen LogP contribution in [0.5, 0.6) is 0 Å². The van der Waals surface area contributed by atoms with E-state index in [1.807, 2.05) is 6.08 Å². The molecule has 0 aliphatic rings. The van der Waals surface area contributed by atoms with Gasteiger partial charge in [0.1, 0.15) is 0 Å². The Hall–Kier alpha value is -5.13. The lowest BCUT2D eigenvalue weighted by atomic mass is 9.85. The highest BCUT2D eigenvalue weighted by Gasteiger charge is 2.16. The predicted molar refractivity (Wildman–Crippen MR) is 161 cm³/mol. The van der Waals surface area contributed by atoms with Gasteiger partial charge in [-0.15, -0.1) is 0 Å². The van der Waals surface area contributed by atoms with Crippen LogP contribution >= 0.6 is 0 Å². The first-order valence-corrected chi connectivity index (χ1v) is 12.7. The third kappa shape index (κ3) is 4.01. The van der Waals surface area contributed by atoms with Crippen molar-refractivity contribution in [3.05, 3.63) is 139 Å². The van der Waals surface area contributed by atoms with E-state index in [1.165, 1.54) is 43.8 Å². The highest BCUT2D eigenvalue weighted by molar-refractivity contribution is 6.21. The zero-order valence-corrected chi connectivity index (χ0v) is 21.1. The first-order valence-electron chi connectivity index (χ1n) is 12.7. The van der Waals surface area contributed by atoms with E-state index in [9.17, 15) is 5.26 Å². The number of hydrogen-bond acceptors (Lipinski definition) is 2. The summed E-state index contributed by atoms with van der Waals surface area (Å²) >= 11 is 0. The van der Waals surface area contributed by atoms with E-state index in [2.05, 4.69) is 121 Å². The molecule has 0 saturated carbocycles. The molecular formula is C36H26N2. The molecule has 0 saturated heterocycles. The number of fused-ring (bicyclic) bond motifs is 3. The van der Waals surface area contributed by atoms with Crippen LogP contribution in [0.15, 0.2) is 133 Å². The number of nitrogens with zero attached hydrogens (tertiary/aromatic N) is 1. The molecule has 0 aliphatic carbocycles. The van der Waals surface area contributed by atoms with E-state index in [-0.39, 0.29) is 0 Å². The molecule has 38 heavy (non-hydrogen) atoms. The Balaban J connectivity index is 1.58. The Morgan fingerprint density at radius 2 is 1.16 bits per heavy atom.